The summed E-state index contributed by atoms with van der Waals surface area (Å²) in [6, 6.07) is 7.70. The van der Waals surface area contributed by atoms with Crippen molar-refractivity contribution in [3.05, 3.63) is 29.8 Å². The normalized spacial score (nSPS) is 27.2. The van der Waals surface area contributed by atoms with Crippen molar-refractivity contribution >= 4 is 23.2 Å². The van der Waals surface area contributed by atoms with E-state index in [2.05, 4.69) is 15.8 Å². The fourth-order valence-electron chi connectivity index (χ4n) is 2.69. The Morgan fingerprint density at radius 2 is 2.15 bits per heavy atom. The number of hydrazone groups is 1. The van der Waals surface area contributed by atoms with E-state index in [9.17, 15) is 9.59 Å². The number of carbonyl (C=O) groups is 2. The summed E-state index contributed by atoms with van der Waals surface area (Å²) in [7, 11) is 0. The Morgan fingerprint density at radius 3 is 2.95 bits per heavy atom. The molecule has 0 bridgehead atoms. The van der Waals surface area contributed by atoms with Gasteiger partial charge in [-0.2, -0.15) is 5.10 Å². The molecule has 4 rings (SSSR count). The van der Waals surface area contributed by atoms with Crippen LogP contribution in [0.4, 0.5) is 5.69 Å². The zero-order valence-electron chi connectivity index (χ0n) is 10.9. The van der Waals surface area contributed by atoms with E-state index in [0.717, 1.165) is 36.2 Å². The lowest BCUT2D eigenvalue weighted by atomic mass is 10.0. The number of nitrogens with zero attached hydrogens (tertiary/aromatic N) is 1. The smallest absolute Gasteiger partial charge is 0.243 e. The summed E-state index contributed by atoms with van der Waals surface area (Å²) in [5.74, 6) is 0.658. The topological polar surface area (TPSA) is 70.6 Å². The van der Waals surface area contributed by atoms with Gasteiger partial charge in [0, 0.05) is 29.0 Å². The van der Waals surface area contributed by atoms with Crippen molar-refractivity contribution in [3.8, 4) is 0 Å². The molecule has 0 saturated heterocycles. The first-order valence-corrected chi connectivity index (χ1v) is 7.01. The molecule has 2 aliphatic carbocycles. The average Bonchev–Trinajstić information content (AvgIpc) is 3.31. The van der Waals surface area contributed by atoms with E-state index in [1.165, 1.54) is 0 Å². The Hall–Kier alpha value is -2.17. The molecular formula is C15H15N3O2. The first-order chi connectivity index (χ1) is 9.72. The van der Waals surface area contributed by atoms with Gasteiger partial charge in [0.05, 0.1) is 5.71 Å². The second-order valence-electron chi connectivity index (χ2n) is 5.77. The number of anilines is 1. The van der Waals surface area contributed by atoms with Gasteiger partial charge in [-0.3, -0.25) is 9.59 Å². The van der Waals surface area contributed by atoms with Crippen LogP contribution in [0, 0.1) is 17.8 Å². The van der Waals surface area contributed by atoms with Crippen molar-refractivity contribution in [2.75, 3.05) is 5.32 Å². The van der Waals surface area contributed by atoms with E-state index < -0.39 is 0 Å². The minimum absolute atomic E-state index is 0.0249. The molecule has 2 atom stereocenters. The van der Waals surface area contributed by atoms with Crippen LogP contribution >= 0.6 is 0 Å². The van der Waals surface area contributed by atoms with E-state index in [1.54, 1.807) is 0 Å². The van der Waals surface area contributed by atoms with Crippen molar-refractivity contribution in [1.82, 2.24) is 5.43 Å². The largest absolute Gasteiger partial charge is 0.326 e. The fourth-order valence-corrected chi connectivity index (χ4v) is 2.69. The quantitative estimate of drug-likeness (QED) is 0.873. The molecule has 1 aromatic carbocycles. The molecule has 0 aromatic heterocycles. The highest BCUT2D eigenvalue weighted by molar-refractivity contribution is 6.10. The highest BCUT2D eigenvalue weighted by Gasteiger charge is 2.49. The lowest BCUT2D eigenvalue weighted by Crippen LogP contribution is -2.28. The first-order valence-electron chi connectivity index (χ1n) is 7.01. The predicted octanol–water partition coefficient (Wildman–Crippen LogP) is 1.51. The molecule has 102 valence electrons. The molecule has 5 nitrogen and oxygen atoms in total. The van der Waals surface area contributed by atoms with Crippen LogP contribution < -0.4 is 10.7 Å². The number of amides is 2. The highest BCUT2D eigenvalue weighted by Crippen LogP contribution is 2.43. The number of fused-ring (bicyclic) bond motifs is 1. The summed E-state index contributed by atoms with van der Waals surface area (Å²) >= 11 is 0. The molecule has 3 aliphatic rings. The van der Waals surface area contributed by atoms with Crippen LogP contribution in [-0.4, -0.2) is 17.5 Å². The average molecular weight is 269 g/mol. The van der Waals surface area contributed by atoms with Gasteiger partial charge >= 0.3 is 0 Å². The van der Waals surface area contributed by atoms with Gasteiger partial charge in [0.15, 0.2) is 0 Å². The zero-order chi connectivity index (χ0) is 13.7. The minimum Gasteiger partial charge on any atom is -0.326 e. The molecule has 2 amide bonds. The number of benzene rings is 1. The van der Waals surface area contributed by atoms with Gasteiger partial charge in [-0.15, -0.1) is 0 Å². The molecule has 0 radical (unpaired) electrons. The Balaban J connectivity index is 1.56. The van der Waals surface area contributed by atoms with Crippen molar-refractivity contribution in [1.29, 1.82) is 0 Å². The molecule has 2 N–H and O–H groups in total. The van der Waals surface area contributed by atoms with Gasteiger partial charge in [-0.05, 0) is 31.4 Å². The van der Waals surface area contributed by atoms with Crippen LogP contribution in [-0.2, 0) is 9.59 Å². The third-order valence-electron chi connectivity index (χ3n) is 4.14. The molecule has 1 aliphatic heterocycles. The molecule has 2 saturated carbocycles. The lowest BCUT2D eigenvalue weighted by molar-refractivity contribution is -0.122. The second kappa shape index (κ2) is 4.16. The van der Waals surface area contributed by atoms with Gasteiger partial charge < -0.3 is 5.32 Å². The highest BCUT2D eigenvalue weighted by atomic mass is 16.2. The van der Waals surface area contributed by atoms with Crippen LogP contribution in [0.1, 0.15) is 24.8 Å². The summed E-state index contributed by atoms with van der Waals surface area (Å²) in [6.07, 6.45) is 2.87. The summed E-state index contributed by atoms with van der Waals surface area (Å²) in [5, 5.41) is 7.11. The van der Waals surface area contributed by atoms with Gasteiger partial charge in [0.2, 0.25) is 11.8 Å². The van der Waals surface area contributed by atoms with E-state index in [-0.39, 0.29) is 29.6 Å². The van der Waals surface area contributed by atoms with Crippen LogP contribution in [0.25, 0.3) is 0 Å². The Kier molecular flexibility index (Phi) is 2.42. The van der Waals surface area contributed by atoms with Crippen molar-refractivity contribution in [2.45, 2.75) is 19.3 Å². The van der Waals surface area contributed by atoms with Crippen molar-refractivity contribution in [3.63, 3.8) is 0 Å². The van der Waals surface area contributed by atoms with Crippen LogP contribution in [0.2, 0.25) is 0 Å². The van der Waals surface area contributed by atoms with Crippen molar-refractivity contribution in [2.24, 2.45) is 22.9 Å². The predicted molar refractivity (Wildman–Crippen MR) is 74.1 cm³/mol. The number of carbonyl (C=O) groups excluding carboxylic acids is 2. The standard InChI is InChI=1S/C15H15N3O2/c19-14(8-4-5-8)16-10-3-1-2-9(6-10)13-11-7-12(11)15(20)18-17-13/h1-3,6,8,11-12H,4-5,7H2,(H,16,19)(H,18,20). The van der Waals surface area contributed by atoms with Crippen molar-refractivity contribution < 1.29 is 9.59 Å². The maximum absolute atomic E-state index is 11.8. The number of nitrogens with one attached hydrogen (secondary N) is 2. The molecule has 5 heteroatoms. The maximum Gasteiger partial charge on any atom is 0.243 e. The number of hydrogen-bond acceptors (Lipinski definition) is 3. The third-order valence-corrected chi connectivity index (χ3v) is 4.14. The molecule has 1 aromatic rings. The van der Waals surface area contributed by atoms with Gasteiger partial charge in [0.25, 0.3) is 0 Å². The van der Waals surface area contributed by atoms with E-state index in [0.29, 0.717) is 0 Å². The minimum atomic E-state index is 0.0249. The van der Waals surface area contributed by atoms with Gasteiger partial charge in [-0.1, -0.05) is 12.1 Å². The maximum atomic E-state index is 11.8. The molecule has 20 heavy (non-hydrogen) atoms. The Labute approximate surface area is 116 Å². The van der Waals surface area contributed by atoms with E-state index in [4.69, 9.17) is 0 Å². The lowest BCUT2D eigenvalue weighted by Gasteiger charge is -2.13. The number of hydrogen-bond donors (Lipinski definition) is 2. The fraction of sp³-hybridized carbons (Fsp3) is 0.400. The van der Waals surface area contributed by atoms with Crippen LogP contribution in [0.15, 0.2) is 29.4 Å². The molecule has 2 unspecified atom stereocenters. The van der Waals surface area contributed by atoms with Crippen LogP contribution in [0.5, 0.6) is 0 Å². The monoisotopic (exact) mass is 269 g/mol. The Bertz CT molecular complexity index is 634. The SMILES string of the molecule is O=C(Nc1cccc(C2=NNC(=O)C3CC23)c1)C1CC1. The molecule has 1 heterocycles. The van der Waals surface area contributed by atoms with Gasteiger partial charge in [0.1, 0.15) is 0 Å². The summed E-state index contributed by atoms with van der Waals surface area (Å²) < 4.78 is 0. The van der Waals surface area contributed by atoms with Gasteiger partial charge in [-0.25, -0.2) is 5.43 Å². The summed E-state index contributed by atoms with van der Waals surface area (Å²) in [6.45, 7) is 0. The summed E-state index contributed by atoms with van der Waals surface area (Å²) in [5.41, 5.74) is 5.28. The summed E-state index contributed by atoms with van der Waals surface area (Å²) in [4.78, 5) is 23.2. The zero-order valence-corrected chi connectivity index (χ0v) is 10.9. The molecule has 0 spiro atoms. The van der Waals surface area contributed by atoms with Crippen LogP contribution in [0.3, 0.4) is 0 Å². The third kappa shape index (κ3) is 1.99. The second-order valence-corrected chi connectivity index (χ2v) is 5.77. The molecular weight excluding hydrogens is 254 g/mol. The first kappa shape index (κ1) is 11.6. The molecule has 2 fully saturated rings. The van der Waals surface area contributed by atoms with E-state index >= 15 is 0 Å². The number of rotatable bonds is 3. The van der Waals surface area contributed by atoms with E-state index in [1.807, 2.05) is 24.3 Å². The Morgan fingerprint density at radius 1 is 1.30 bits per heavy atom.